The van der Waals surface area contributed by atoms with Gasteiger partial charge in [0.1, 0.15) is 12.1 Å². The number of pyridine rings is 1. The van der Waals surface area contributed by atoms with E-state index in [1.165, 1.54) is 16.5 Å². The molecule has 0 fully saturated rings. The van der Waals surface area contributed by atoms with Crippen LogP contribution < -0.4 is 19.4 Å². The van der Waals surface area contributed by atoms with Crippen LogP contribution in [0, 0.1) is 0 Å². The van der Waals surface area contributed by atoms with E-state index in [9.17, 15) is 0 Å². The first-order valence-corrected chi connectivity index (χ1v) is 8.18. The third kappa shape index (κ3) is 2.54. The molecule has 2 aromatic carbocycles. The SMILES string of the molecule is COc1cc2c(cc1OC)CN(c1ccc3ccccc3[nH+]1)CC2. The van der Waals surface area contributed by atoms with E-state index >= 15 is 0 Å². The van der Waals surface area contributed by atoms with E-state index < -0.39 is 0 Å². The minimum atomic E-state index is 0.792. The van der Waals surface area contributed by atoms with E-state index in [2.05, 4.69) is 58.4 Å². The third-order valence-corrected chi connectivity index (χ3v) is 4.70. The number of aromatic amines is 1. The summed E-state index contributed by atoms with van der Waals surface area (Å²) in [5.74, 6) is 2.75. The van der Waals surface area contributed by atoms with Crippen LogP contribution in [0.5, 0.6) is 11.5 Å². The molecule has 0 unspecified atom stereocenters. The Morgan fingerprint density at radius 1 is 0.917 bits per heavy atom. The van der Waals surface area contributed by atoms with Gasteiger partial charge in [-0.05, 0) is 29.8 Å². The molecule has 1 aliphatic heterocycles. The number of benzene rings is 2. The first-order chi connectivity index (χ1) is 11.8. The van der Waals surface area contributed by atoms with E-state index in [0.29, 0.717) is 0 Å². The van der Waals surface area contributed by atoms with Gasteiger partial charge in [-0.2, -0.15) is 0 Å². The number of rotatable bonds is 3. The summed E-state index contributed by atoms with van der Waals surface area (Å²) in [5.41, 5.74) is 3.79. The average Bonchev–Trinajstić information content (AvgIpc) is 2.66. The molecule has 122 valence electrons. The number of H-pyrrole nitrogens is 1. The first-order valence-electron chi connectivity index (χ1n) is 8.18. The monoisotopic (exact) mass is 321 g/mol. The van der Waals surface area contributed by atoms with Crippen LogP contribution in [0.3, 0.4) is 0 Å². The minimum Gasteiger partial charge on any atom is -0.493 e. The lowest BCUT2D eigenvalue weighted by atomic mass is 9.98. The van der Waals surface area contributed by atoms with Crippen molar-refractivity contribution in [3.05, 3.63) is 59.7 Å². The maximum absolute atomic E-state index is 5.45. The lowest BCUT2D eigenvalue weighted by Gasteiger charge is -2.25. The van der Waals surface area contributed by atoms with Gasteiger partial charge in [0, 0.05) is 23.4 Å². The van der Waals surface area contributed by atoms with Crippen molar-refractivity contribution in [1.82, 2.24) is 0 Å². The molecule has 0 radical (unpaired) electrons. The summed E-state index contributed by atoms with van der Waals surface area (Å²) in [6.07, 6.45) is 0.996. The van der Waals surface area contributed by atoms with E-state index in [-0.39, 0.29) is 0 Å². The Morgan fingerprint density at radius 2 is 1.67 bits per heavy atom. The molecule has 0 saturated heterocycles. The van der Waals surface area contributed by atoms with Crippen LogP contribution in [-0.4, -0.2) is 20.8 Å². The Morgan fingerprint density at radius 3 is 2.46 bits per heavy atom. The molecule has 0 bridgehead atoms. The number of hydrogen-bond acceptors (Lipinski definition) is 3. The molecular weight excluding hydrogens is 300 g/mol. The number of nitrogens with one attached hydrogen (secondary N) is 1. The third-order valence-electron chi connectivity index (χ3n) is 4.70. The van der Waals surface area contributed by atoms with Gasteiger partial charge in [-0.3, -0.25) is 4.90 Å². The van der Waals surface area contributed by atoms with E-state index in [1.54, 1.807) is 14.2 Å². The van der Waals surface area contributed by atoms with Crippen molar-refractivity contribution in [3.63, 3.8) is 0 Å². The highest BCUT2D eigenvalue weighted by Crippen LogP contribution is 2.33. The molecule has 2 heterocycles. The van der Waals surface area contributed by atoms with E-state index in [4.69, 9.17) is 9.47 Å². The molecule has 24 heavy (non-hydrogen) atoms. The molecule has 1 N–H and O–H groups in total. The summed E-state index contributed by atoms with van der Waals surface area (Å²) in [6, 6.07) is 16.9. The van der Waals surface area contributed by atoms with Crippen LogP contribution in [0.2, 0.25) is 0 Å². The van der Waals surface area contributed by atoms with Gasteiger partial charge in [-0.15, -0.1) is 0 Å². The fraction of sp³-hybridized carbons (Fsp3) is 0.250. The number of ether oxygens (including phenoxy) is 2. The highest BCUT2D eigenvalue weighted by molar-refractivity contribution is 5.76. The molecule has 0 saturated carbocycles. The van der Waals surface area contributed by atoms with E-state index in [0.717, 1.165) is 42.3 Å². The van der Waals surface area contributed by atoms with Gasteiger partial charge in [0.15, 0.2) is 11.5 Å². The lowest BCUT2D eigenvalue weighted by Crippen LogP contribution is -2.34. The first kappa shape index (κ1) is 14.8. The van der Waals surface area contributed by atoms with Gasteiger partial charge in [0.25, 0.3) is 5.82 Å². The Labute approximate surface area is 141 Å². The van der Waals surface area contributed by atoms with Crippen molar-refractivity contribution in [1.29, 1.82) is 0 Å². The van der Waals surface area contributed by atoms with Crippen LogP contribution in [0.1, 0.15) is 11.1 Å². The summed E-state index contributed by atoms with van der Waals surface area (Å²) < 4.78 is 10.9. The molecule has 0 amide bonds. The molecule has 4 rings (SSSR count). The Bertz CT molecular complexity index is 892. The van der Waals surface area contributed by atoms with Crippen molar-refractivity contribution >= 4 is 16.7 Å². The van der Waals surface area contributed by atoms with Crippen molar-refractivity contribution in [3.8, 4) is 11.5 Å². The molecule has 1 aliphatic rings. The minimum absolute atomic E-state index is 0.792. The average molecular weight is 321 g/mol. The lowest BCUT2D eigenvalue weighted by molar-refractivity contribution is -0.330. The smallest absolute Gasteiger partial charge is 0.275 e. The van der Waals surface area contributed by atoms with Crippen molar-refractivity contribution < 1.29 is 14.5 Å². The molecule has 1 aromatic heterocycles. The highest BCUT2D eigenvalue weighted by atomic mass is 16.5. The maximum Gasteiger partial charge on any atom is 0.275 e. The van der Waals surface area contributed by atoms with Gasteiger partial charge >= 0.3 is 0 Å². The zero-order valence-corrected chi connectivity index (χ0v) is 14.0. The Balaban J connectivity index is 1.67. The summed E-state index contributed by atoms with van der Waals surface area (Å²) >= 11 is 0. The van der Waals surface area contributed by atoms with Crippen molar-refractivity contribution in [2.75, 3.05) is 25.7 Å². The fourth-order valence-corrected chi connectivity index (χ4v) is 3.38. The summed E-state index contributed by atoms with van der Waals surface area (Å²) in [6.45, 7) is 1.85. The second kappa shape index (κ2) is 6.04. The number of methoxy groups -OCH3 is 2. The van der Waals surface area contributed by atoms with Crippen LogP contribution >= 0.6 is 0 Å². The van der Waals surface area contributed by atoms with Crippen LogP contribution in [-0.2, 0) is 13.0 Å². The second-order valence-electron chi connectivity index (χ2n) is 6.08. The zero-order chi connectivity index (χ0) is 16.5. The number of para-hydroxylation sites is 1. The van der Waals surface area contributed by atoms with Crippen LogP contribution in [0.15, 0.2) is 48.5 Å². The summed E-state index contributed by atoms with van der Waals surface area (Å²) in [5, 5.41) is 1.23. The number of hydrogen-bond donors (Lipinski definition) is 0. The van der Waals surface area contributed by atoms with Crippen molar-refractivity contribution in [2.24, 2.45) is 0 Å². The summed E-state index contributed by atoms with van der Waals surface area (Å²) in [4.78, 5) is 5.92. The number of anilines is 1. The zero-order valence-electron chi connectivity index (χ0n) is 14.0. The summed E-state index contributed by atoms with van der Waals surface area (Å²) in [7, 11) is 3.37. The molecule has 4 nitrogen and oxygen atoms in total. The van der Waals surface area contributed by atoms with Gasteiger partial charge < -0.3 is 9.47 Å². The quantitative estimate of drug-likeness (QED) is 0.743. The van der Waals surface area contributed by atoms with Gasteiger partial charge in [0.2, 0.25) is 0 Å². The van der Waals surface area contributed by atoms with Crippen molar-refractivity contribution in [2.45, 2.75) is 13.0 Å². The number of fused-ring (bicyclic) bond motifs is 2. The second-order valence-corrected chi connectivity index (χ2v) is 6.08. The van der Waals surface area contributed by atoms with Gasteiger partial charge in [-0.1, -0.05) is 18.2 Å². The largest absolute Gasteiger partial charge is 0.493 e. The van der Waals surface area contributed by atoms with Crippen LogP contribution in [0.4, 0.5) is 5.82 Å². The highest BCUT2D eigenvalue weighted by Gasteiger charge is 2.25. The van der Waals surface area contributed by atoms with Gasteiger partial charge in [0.05, 0.1) is 20.8 Å². The number of aromatic nitrogens is 1. The molecule has 4 heteroatoms. The predicted octanol–water partition coefficient (Wildman–Crippen LogP) is 3.23. The molecule has 0 spiro atoms. The standard InChI is InChI=1S/C20H20N2O2/c1-23-18-11-15-9-10-22(13-16(15)12-19(18)24-2)20-8-7-14-5-3-4-6-17(14)21-20/h3-8,11-12H,9-10,13H2,1-2H3/p+1. The van der Waals surface area contributed by atoms with Gasteiger partial charge in [-0.25, -0.2) is 4.98 Å². The predicted molar refractivity (Wildman–Crippen MR) is 94.8 cm³/mol. The number of nitrogens with zero attached hydrogens (tertiary/aromatic N) is 1. The fourth-order valence-electron chi connectivity index (χ4n) is 3.38. The van der Waals surface area contributed by atoms with E-state index in [1.807, 2.05) is 0 Å². The Kier molecular flexibility index (Phi) is 3.73. The molecular formula is C20H21N2O2+. The topological polar surface area (TPSA) is 35.8 Å². The maximum atomic E-state index is 5.45. The molecule has 0 atom stereocenters. The normalized spacial score (nSPS) is 13.7. The Hall–Kier alpha value is -2.75. The molecule has 3 aromatic rings. The molecule has 0 aliphatic carbocycles. The van der Waals surface area contributed by atoms with Crippen LogP contribution in [0.25, 0.3) is 10.9 Å².